The van der Waals surface area contributed by atoms with Crippen LogP contribution in [0.15, 0.2) is 117 Å². The van der Waals surface area contributed by atoms with Crippen molar-refractivity contribution in [2.45, 2.75) is 65.3 Å². The number of hydrogen-bond donors (Lipinski definition) is 14. The fourth-order valence-corrected chi connectivity index (χ4v) is 6.24. The second-order valence-corrected chi connectivity index (χ2v) is 15.7. The quantitative estimate of drug-likeness (QED) is 0.0644. The summed E-state index contributed by atoms with van der Waals surface area (Å²) < 4.78 is 0. The molecule has 4 N–H and O–H groups in total. The van der Waals surface area contributed by atoms with Crippen molar-refractivity contribution < 1.29 is 30.0 Å². The number of aliphatic hydroxyl groups excluding tert-OH is 2. The lowest BCUT2D eigenvalue weighted by atomic mass is 10.1. The van der Waals surface area contributed by atoms with Gasteiger partial charge >= 0.3 is 11.9 Å². The van der Waals surface area contributed by atoms with Gasteiger partial charge in [-0.2, -0.15) is 101 Å². The number of carbonyl (C=O) groups is 2. The predicted octanol–water partition coefficient (Wildman–Crippen LogP) is 8.83. The van der Waals surface area contributed by atoms with Crippen LogP contribution < -0.4 is 0 Å². The molecule has 4 rings (SSSR count). The molecule has 0 amide bonds. The Labute approximate surface area is 372 Å². The molecule has 53 heavy (non-hydrogen) atoms. The molecule has 0 aliphatic rings. The maximum atomic E-state index is 10.1. The van der Waals surface area contributed by atoms with Gasteiger partial charge in [-0.1, -0.05) is 60.3 Å². The number of benzene rings is 4. The SMILES string of the molecule is O=C(O)[C@@H](S)[C@@H](S)C(=O)O.O[C@@H](CS)[C@@H](O)CS.SCc1cccc(CS)c1.SCc1ccccc1CS.Sc1ccc(Sc2ccc(S)cc2)cc1. The number of rotatable bonds is 12. The lowest BCUT2D eigenvalue weighted by Gasteiger charge is -2.11. The third-order valence-corrected chi connectivity index (χ3v) is 11.4. The van der Waals surface area contributed by atoms with E-state index < -0.39 is 34.6 Å². The number of carboxylic acid groups (broad SMARTS) is 2. The predicted molar refractivity (Wildman–Crippen MR) is 256 cm³/mol. The lowest BCUT2D eigenvalue weighted by Crippen LogP contribution is -2.31. The lowest BCUT2D eigenvalue weighted by molar-refractivity contribution is -0.142. The molecule has 0 aliphatic carbocycles. The fraction of sp³-hybridized carbons (Fsp3) is 0.278. The van der Waals surface area contributed by atoms with Gasteiger partial charge in [0, 0.05) is 54.1 Å². The highest BCUT2D eigenvalue weighted by molar-refractivity contribution is 7.99. The molecular weight excluding hydrogens is 881 g/mol. The zero-order valence-corrected chi connectivity index (χ0v) is 38.0. The van der Waals surface area contributed by atoms with Crippen molar-refractivity contribution in [1.82, 2.24) is 0 Å². The molecule has 292 valence electrons. The molecule has 0 aromatic heterocycles. The third kappa shape index (κ3) is 24.1. The van der Waals surface area contributed by atoms with Gasteiger partial charge in [0.15, 0.2) is 0 Å². The fourth-order valence-electron chi connectivity index (χ4n) is 3.37. The van der Waals surface area contributed by atoms with Crippen LogP contribution in [-0.4, -0.2) is 66.6 Å². The van der Waals surface area contributed by atoms with Crippen LogP contribution >= 0.6 is 138 Å². The van der Waals surface area contributed by atoms with E-state index in [4.69, 9.17) is 20.4 Å². The molecule has 0 heterocycles. The Balaban J connectivity index is 0.000000651. The van der Waals surface area contributed by atoms with E-state index in [1.807, 2.05) is 42.5 Å². The minimum atomic E-state index is -1.29. The Hall–Kier alpha value is -0.410. The Morgan fingerprint density at radius 1 is 0.528 bits per heavy atom. The van der Waals surface area contributed by atoms with Crippen LogP contribution in [0.4, 0.5) is 0 Å². The summed E-state index contributed by atoms with van der Waals surface area (Å²) in [4.78, 5) is 24.5. The first-order valence-corrected chi connectivity index (χ1v) is 21.9. The first-order chi connectivity index (χ1) is 25.2. The maximum absolute atomic E-state index is 10.1. The number of aliphatic hydroxyl groups is 2. The monoisotopic (exact) mass is 926 g/mol. The molecule has 6 nitrogen and oxygen atoms in total. The van der Waals surface area contributed by atoms with Crippen LogP contribution in [0.5, 0.6) is 0 Å². The Kier molecular flexibility index (Phi) is 31.4. The summed E-state index contributed by atoms with van der Waals surface area (Å²) in [5.41, 5.74) is 5.08. The topological polar surface area (TPSA) is 115 Å². The number of aliphatic carboxylic acids is 2. The molecule has 0 spiro atoms. The molecule has 0 bridgehead atoms. The standard InChI is InChI=1S/C12H10S3.2C8H10S2.C4H6O4S2.C4H10O2S2/c13-9-1-5-11(6-2-9)15-12-7-3-10(14)4-8-12;9-5-7-2-1-3-8(4-7)6-10;9-5-7-3-1-2-4-8(7)6-10;5-3(6)1(9)2(10)4(7)8;5-3(1-7)4(6)2-8/h1-8,13-14H;2*1-4,9-10H,5-6H2;1-2,9-10H,(H,5,6)(H,7,8);3-8H,1-2H2/t;;;1-,2+;3-,4-/m....0/s1. The van der Waals surface area contributed by atoms with Crippen molar-refractivity contribution in [2.24, 2.45) is 0 Å². The van der Waals surface area contributed by atoms with Crippen molar-refractivity contribution in [3.63, 3.8) is 0 Å². The summed E-state index contributed by atoms with van der Waals surface area (Å²) >= 11 is 41.5. The second-order valence-electron chi connectivity index (χ2n) is 10.4. The largest absolute Gasteiger partial charge is 0.480 e. The molecule has 4 atom stereocenters. The summed E-state index contributed by atoms with van der Waals surface area (Å²) in [5, 5.41) is 31.4. The van der Waals surface area contributed by atoms with E-state index >= 15 is 0 Å². The summed E-state index contributed by atoms with van der Waals surface area (Å²) in [5.74, 6) is 1.21. The van der Waals surface area contributed by atoms with Gasteiger partial charge in [-0.3, -0.25) is 9.59 Å². The molecule has 0 aliphatic heterocycles. The molecule has 0 unspecified atom stereocenters. The minimum Gasteiger partial charge on any atom is -0.480 e. The number of thiol groups is 10. The summed E-state index contributed by atoms with van der Waals surface area (Å²) in [6.45, 7) is 0. The zero-order valence-electron chi connectivity index (χ0n) is 28.3. The van der Waals surface area contributed by atoms with E-state index in [1.165, 1.54) is 32.0 Å². The molecule has 0 radical (unpaired) electrons. The second kappa shape index (κ2) is 31.6. The molecule has 4 aromatic rings. The first-order valence-electron chi connectivity index (χ1n) is 15.4. The van der Waals surface area contributed by atoms with E-state index in [-0.39, 0.29) is 11.5 Å². The van der Waals surface area contributed by atoms with E-state index in [0.717, 1.165) is 32.8 Å². The van der Waals surface area contributed by atoms with Crippen LogP contribution in [0.2, 0.25) is 0 Å². The van der Waals surface area contributed by atoms with Gasteiger partial charge in [0.1, 0.15) is 10.5 Å². The van der Waals surface area contributed by atoms with Gasteiger partial charge in [0.2, 0.25) is 0 Å². The average Bonchev–Trinajstić information content (AvgIpc) is 3.19. The number of hydrogen-bond acceptors (Lipinski definition) is 15. The van der Waals surface area contributed by atoms with Gasteiger partial charge in [-0.25, -0.2) is 0 Å². The van der Waals surface area contributed by atoms with E-state index in [1.54, 1.807) is 11.8 Å². The van der Waals surface area contributed by atoms with Crippen LogP contribution in [0, 0.1) is 0 Å². The molecule has 17 heteroatoms. The van der Waals surface area contributed by atoms with Crippen molar-refractivity contribution in [3.8, 4) is 0 Å². The highest BCUT2D eigenvalue weighted by atomic mass is 32.2. The zero-order chi connectivity index (χ0) is 40.3. The summed E-state index contributed by atoms with van der Waals surface area (Å²) in [7, 11) is 0. The van der Waals surface area contributed by atoms with Gasteiger partial charge in [0.25, 0.3) is 0 Å². The molecule has 0 fully saturated rings. The van der Waals surface area contributed by atoms with Crippen molar-refractivity contribution in [2.75, 3.05) is 11.5 Å². The maximum Gasteiger partial charge on any atom is 0.318 e. The highest BCUT2D eigenvalue weighted by Gasteiger charge is 2.27. The van der Waals surface area contributed by atoms with E-state index in [9.17, 15) is 9.59 Å². The van der Waals surface area contributed by atoms with Crippen LogP contribution in [0.25, 0.3) is 0 Å². The molecular formula is C36H46O6S11. The smallest absolute Gasteiger partial charge is 0.318 e. The number of carboxylic acids is 2. The van der Waals surface area contributed by atoms with E-state index in [2.05, 4.69) is 181 Å². The molecule has 0 saturated carbocycles. The van der Waals surface area contributed by atoms with Gasteiger partial charge in [0.05, 0.1) is 12.2 Å². The first kappa shape index (κ1) is 52.6. The van der Waals surface area contributed by atoms with Gasteiger partial charge < -0.3 is 20.4 Å². The summed E-state index contributed by atoms with van der Waals surface area (Å²) in [6, 6.07) is 32.8. The van der Waals surface area contributed by atoms with Gasteiger partial charge in [-0.15, -0.1) is 25.3 Å². The minimum absolute atomic E-state index is 0.279. The molecule has 0 saturated heterocycles. The van der Waals surface area contributed by atoms with Crippen molar-refractivity contribution in [1.29, 1.82) is 0 Å². The van der Waals surface area contributed by atoms with Crippen LogP contribution in [-0.2, 0) is 32.6 Å². The normalized spacial score (nSPS) is 12.3. The Morgan fingerprint density at radius 3 is 1.13 bits per heavy atom. The molecule has 4 aromatic carbocycles. The average molecular weight is 927 g/mol. The van der Waals surface area contributed by atoms with Crippen LogP contribution in [0.1, 0.15) is 22.3 Å². The van der Waals surface area contributed by atoms with Crippen LogP contribution in [0.3, 0.4) is 0 Å². The summed E-state index contributed by atoms with van der Waals surface area (Å²) in [6.07, 6.45) is -1.48. The van der Waals surface area contributed by atoms with Crippen molar-refractivity contribution in [3.05, 3.63) is 119 Å². The third-order valence-electron chi connectivity index (χ3n) is 6.35. The Bertz CT molecular complexity index is 1470. The Morgan fingerprint density at radius 2 is 0.868 bits per heavy atom. The van der Waals surface area contributed by atoms with E-state index in [0.29, 0.717) is 0 Å². The van der Waals surface area contributed by atoms with Gasteiger partial charge in [-0.05, 0) is 70.8 Å². The highest BCUT2D eigenvalue weighted by Crippen LogP contribution is 2.28. The van der Waals surface area contributed by atoms with Crippen molar-refractivity contribution >= 4 is 150 Å².